The lowest BCUT2D eigenvalue weighted by Crippen LogP contribution is -2.31. The number of nitrogens with one attached hydrogen (secondary N) is 2. The first kappa shape index (κ1) is 20.4. The summed E-state index contributed by atoms with van der Waals surface area (Å²) >= 11 is 6.13. The lowest BCUT2D eigenvalue weighted by Gasteiger charge is -2.16. The molecule has 0 spiro atoms. The number of amides is 1. The van der Waals surface area contributed by atoms with Crippen LogP contribution in [0.2, 0.25) is 5.02 Å². The first-order valence-corrected chi connectivity index (χ1v) is 10.5. The number of H-pyrrole nitrogens is 1. The predicted octanol–water partition coefficient (Wildman–Crippen LogP) is 4.79. The maximum absolute atomic E-state index is 13.0. The number of nitrogens with zero attached hydrogens (tertiary/aromatic N) is 1. The molecule has 1 aliphatic rings. The summed E-state index contributed by atoms with van der Waals surface area (Å²) in [4.78, 5) is 13.0. The van der Waals surface area contributed by atoms with E-state index in [0.717, 1.165) is 53.6 Å². The van der Waals surface area contributed by atoms with Gasteiger partial charge in [-0.25, -0.2) is 0 Å². The second-order valence-corrected chi connectivity index (χ2v) is 7.91. The number of halogens is 1. The Morgan fingerprint density at radius 2 is 1.97 bits per heavy atom. The molecule has 3 N–H and O–H groups in total. The zero-order valence-electron chi connectivity index (χ0n) is 16.6. The van der Waals surface area contributed by atoms with Gasteiger partial charge in [0.15, 0.2) is 0 Å². The van der Waals surface area contributed by atoms with Gasteiger partial charge in [-0.15, -0.1) is 0 Å². The van der Waals surface area contributed by atoms with Crippen LogP contribution in [0.25, 0.3) is 11.6 Å². The fourth-order valence-electron chi connectivity index (χ4n) is 3.89. The smallest absolute Gasteiger partial charge is 0.270 e. The van der Waals surface area contributed by atoms with Gasteiger partial charge in [-0.3, -0.25) is 9.89 Å². The normalized spacial score (nSPS) is 16.0. The molecule has 6 heteroatoms. The van der Waals surface area contributed by atoms with E-state index in [2.05, 4.69) is 21.6 Å². The van der Waals surface area contributed by atoms with Crippen LogP contribution in [0.5, 0.6) is 0 Å². The lowest BCUT2D eigenvalue weighted by molar-refractivity contribution is 0.0910. The number of aliphatic hydroxyl groups is 1. The van der Waals surface area contributed by atoms with Crippen LogP contribution in [0.1, 0.15) is 58.2 Å². The molecule has 0 bridgehead atoms. The monoisotopic (exact) mass is 421 g/mol. The minimum atomic E-state index is -0.468. The molecule has 3 aromatic rings. The molecule has 0 radical (unpaired) electrons. The minimum absolute atomic E-state index is 0.175. The number of aromatic nitrogens is 2. The second kappa shape index (κ2) is 9.28. The molecule has 5 nitrogen and oxygen atoms in total. The molecule has 4 rings (SSSR count). The highest BCUT2D eigenvalue weighted by atomic mass is 35.5. The van der Waals surface area contributed by atoms with Crippen molar-refractivity contribution in [2.24, 2.45) is 0 Å². The van der Waals surface area contributed by atoms with E-state index in [1.807, 2.05) is 54.6 Å². The molecule has 0 unspecified atom stereocenters. The highest BCUT2D eigenvalue weighted by Crippen LogP contribution is 2.32. The van der Waals surface area contributed by atoms with Gasteiger partial charge in [0.1, 0.15) is 5.69 Å². The van der Waals surface area contributed by atoms with E-state index in [9.17, 15) is 9.90 Å². The molecule has 1 atom stereocenters. The highest BCUT2D eigenvalue weighted by molar-refractivity contribution is 6.30. The van der Waals surface area contributed by atoms with Crippen LogP contribution >= 0.6 is 11.6 Å². The molecule has 1 heterocycles. The van der Waals surface area contributed by atoms with E-state index in [1.165, 1.54) is 0 Å². The first-order valence-electron chi connectivity index (χ1n) is 10.2. The van der Waals surface area contributed by atoms with E-state index < -0.39 is 6.04 Å². The summed E-state index contributed by atoms with van der Waals surface area (Å²) in [6, 6.07) is 16.7. The molecule has 1 aromatic heterocycles. The summed E-state index contributed by atoms with van der Waals surface area (Å²) in [6.45, 7) is -0.175. The van der Waals surface area contributed by atoms with E-state index >= 15 is 0 Å². The van der Waals surface area contributed by atoms with Crippen molar-refractivity contribution in [3.8, 4) is 0 Å². The lowest BCUT2D eigenvalue weighted by atomic mass is 10.0. The molecule has 0 saturated carbocycles. The fourth-order valence-corrected chi connectivity index (χ4v) is 4.08. The number of benzene rings is 2. The van der Waals surface area contributed by atoms with Crippen molar-refractivity contribution in [2.45, 2.75) is 31.7 Å². The van der Waals surface area contributed by atoms with Crippen molar-refractivity contribution in [3.63, 3.8) is 0 Å². The van der Waals surface area contributed by atoms with Gasteiger partial charge in [0, 0.05) is 10.6 Å². The molecule has 1 aliphatic carbocycles. The number of rotatable bonds is 5. The summed E-state index contributed by atoms with van der Waals surface area (Å²) in [5.41, 5.74) is 5.23. The largest absolute Gasteiger partial charge is 0.394 e. The number of aromatic amines is 1. The van der Waals surface area contributed by atoms with Crippen molar-refractivity contribution in [3.05, 3.63) is 87.7 Å². The second-order valence-electron chi connectivity index (χ2n) is 7.48. The summed E-state index contributed by atoms with van der Waals surface area (Å²) in [5, 5.41) is 20.8. The zero-order valence-corrected chi connectivity index (χ0v) is 17.3. The molecule has 154 valence electrons. The Labute approximate surface area is 180 Å². The number of fused-ring (bicyclic) bond motifs is 1. The summed E-state index contributed by atoms with van der Waals surface area (Å²) in [5.74, 6) is -0.254. The minimum Gasteiger partial charge on any atom is -0.394 e. The van der Waals surface area contributed by atoms with Gasteiger partial charge in [0.2, 0.25) is 0 Å². The Morgan fingerprint density at radius 3 is 2.73 bits per heavy atom. The fraction of sp³-hybridized carbons (Fsp3) is 0.250. The maximum atomic E-state index is 13.0. The van der Waals surface area contributed by atoms with Crippen LogP contribution in [0.4, 0.5) is 0 Å². The number of hydrogen-bond acceptors (Lipinski definition) is 3. The van der Waals surface area contributed by atoms with Crippen LogP contribution in [-0.2, 0) is 6.42 Å². The van der Waals surface area contributed by atoms with Crippen LogP contribution in [0.3, 0.4) is 0 Å². The Balaban J connectivity index is 1.62. The van der Waals surface area contributed by atoms with Crippen molar-refractivity contribution in [2.75, 3.05) is 6.61 Å². The molecule has 30 heavy (non-hydrogen) atoms. The Morgan fingerprint density at radius 1 is 1.17 bits per heavy atom. The van der Waals surface area contributed by atoms with Gasteiger partial charge < -0.3 is 10.4 Å². The van der Waals surface area contributed by atoms with E-state index in [-0.39, 0.29) is 12.5 Å². The standard InChI is InChI=1S/C24H24ClN3O2/c25-19-11-6-7-16(14-19)13-18-10-4-5-12-20-22(18)27-28-23(20)24(30)26-21(15-29)17-8-2-1-3-9-17/h1-3,6-9,11,13-14,21,29H,4-5,10,12,15H2,(H,26,30)(H,27,28)/b18-13+/t21-/m0/s1. The Kier molecular flexibility index (Phi) is 6.31. The summed E-state index contributed by atoms with van der Waals surface area (Å²) < 4.78 is 0. The number of carbonyl (C=O) groups is 1. The molecule has 1 amide bonds. The van der Waals surface area contributed by atoms with Gasteiger partial charge in [-0.2, -0.15) is 5.10 Å². The number of aliphatic hydroxyl groups excluding tert-OH is 1. The van der Waals surface area contributed by atoms with Crippen LogP contribution in [-0.4, -0.2) is 27.8 Å². The average Bonchev–Trinajstić information content (AvgIpc) is 3.09. The summed E-state index contributed by atoms with van der Waals surface area (Å²) in [7, 11) is 0. The number of carbonyl (C=O) groups excluding carboxylic acids is 1. The average molecular weight is 422 g/mol. The van der Waals surface area contributed by atoms with Gasteiger partial charge in [-0.05, 0) is 60.6 Å². The van der Waals surface area contributed by atoms with Gasteiger partial charge >= 0.3 is 0 Å². The maximum Gasteiger partial charge on any atom is 0.270 e. The van der Waals surface area contributed by atoms with E-state index in [0.29, 0.717) is 10.7 Å². The third-order valence-electron chi connectivity index (χ3n) is 5.40. The van der Waals surface area contributed by atoms with Crippen molar-refractivity contribution < 1.29 is 9.90 Å². The van der Waals surface area contributed by atoms with E-state index in [4.69, 9.17) is 11.6 Å². The molecule has 0 aliphatic heterocycles. The highest BCUT2D eigenvalue weighted by Gasteiger charge is 2.25. The van der Waals surface area contributed by atoms with Crippen LogP contribution in [0.15, 0.2) is 54.6 Å². The third kappa shape index (κ3) is 4.48. The molecule has 0 saturated heterocycles. The topological polar surface area (TPSA) is 78.0 Å². The Bertz CT molecular complexity index is 1060. The molecular formula is C24H24ClN3O2. The number of allylic oxidation sites excluding steroid dienone is 1. The van der Waals surface area contributed by atoms with Crippen LogP contribution in [0, 0.1) is 0 Å². The summed E-state index contributed by atoms with van der Waals surface area (Å²) in [6.07, 6.45) is 5.80. The predicted molar refractivity (Wildman–Crippen MR) is 119 cm³/mol. The first-order chi connectivity index (χ1) is 14.7. The van der Waals surface area contributed by atoms with Gasteiger partial charge in [-0.1, -0.05) is 54.1 Å². The molecule has 0 fully saturated rings. The molecule has 2 aromatic carbocycles. The quantitative estimate of drug-likeness (QED) is 0.518. The number of hydrogen-bond donors (Lipinski definition) is 3. The van der Waals surface area contributed by atoms with Crippen molar-refractivity contribution in [1.82, 2.24) is 15.5 Å². The van der Waals surface area contributed by atoms with Crippen molar-refractivity contribution >= 4 is 29.2 Å². The molecular weight excluding hydrogens is 398 g/mol. The van der Waals surface area contributed by atoms with Crippen molar-refractivity contribution in [1.29, 1.82) is 0 Å². The Hall–Kier alpha value is -2.89. The van der Waals surface area contributed by atoms with Crippen LogP contribution < -0.4 is 5.32 Å². The van der Waals surface area contributed by atoms with E-state index in [1.54, 1.807) is 0 Å². The third-order valence-corrected chi connectivity index (χ3v) is 5.64. The van der Waals surface area contributed by atoms with Gasteiger partial charge in [0.05, 0.1) is 18.3 Å². The zero-order chi connectivity index (χ0) is 20.9. The SMILES string of the molecule is O=C(N[C@@H](CO)c1ccccc1)c1[nH]nc2c1CCCC/C2=C\c1cccc(Cl)c1. The van der Waals surface area contributed by atoms with Gasteiger partial charge in [0.25, 0.3) is 5.91 Å².